The van der Waals surface area contributed by atoms with E-state index in [1.54, 1.807) is 0 Å². The van der Waals surface area contributed by atoms with Crippen molar-refractivity contribution in [3.8, 4) is 0 Å². The summed E-state index contributed by atoms with van der Waals surface area (Å²) in [7, 11) is -1.76. The number of hydrogen-bond acceptors (Lipinski definition) is 3. The summed E-state index contributed by atoms with van der Waals surface area (Å²) in [4.78, 5) is 14.3. The van der Waals surface area contributed by atoms with Crippen LogP contribution in [0.2, 0.25) is 0 Å². The van der Waals surface area contributed by atoms with Gasteiger partial charge < -0.3 is 8.92 Å². The fourth-order valence-electron chi connectivity index (χ4n) is 3.17. The van der Waals surface area contributed by atoms with E-state index in [9.17, 15) is 4.79 Å². The van der Waals surface area contributed by atoms with Crippen LogP contribution in [0, 0.1) is 5.92 Å². The van der Waals surface area contributed by atoms with Crippen LogP contribution in [-0.2, 0) is 13.7 Å². The van der Waals surface area contributed by atoms with Gasteiger partial charge in [0.2, 0.25) is 0 Å². The molecule has 0 spiro atoms. The summed E-state index contributed by atoms with van der Waals surface area (Å²) in [6.45, 7) is 15.5. The Hall–Kier alpha value is -1.52. The van der Waals surface area contributed by atoms with Gasteiger partial charge in [0.15, 0.2) is 0 Å². The molecule has 3 nitrogen and oxygen atoms in total. The SMILES string of the molecule is CC.CCOC(=O)CCOS(C1=CCC(C)C=C1)(c1ccccc1)C(C)(C)C. The fourth-order valence-corrected chi connectivity index (χ4v) is 6.96. The van der Waals surface area contributed by atoms with Crippen molar-refractivity contribution >= 4 is 16.3 Å². The minimum absolute atomic E-state index is 0.111. The van der Waals surface area contributed by atoms with E-state index < -0.39 is 10.3 Å². The highest BCUT2D eigenvalue weighted by Crippen LogP contribution is 2.72. The molecule has 0 heterocycles. The summed E-state index contributed by atoms with van der Waals surface area (Å²) < 4.78 is 11.6. The molecule has 0 saturated heterocycles. The second-order valence-corrected chi connectivity index (χ2v) is 11.1. The molecule has 1 aromatic rings. The Balaban J connectivity index is 0.00000190. The Bertz CT molecular complexity index is 658. The van der Waals surface area contributed by atoms with Crippen molar-refractivity contribution in [3.63, 3.8) is 0 Å². The van der Waals surface area contributed by atoms with Gasteiger partial charge >= 0.3 is 5.97 Å². The molecule has 0 amide bonds. The van der Waals surface area contributed by atoms with Gasteiger partial charge in [0.05, 0.1) is 19.6 Å². The summed E-state index contributed by atoms with van der Waals surface area (Å²) in [5, 5.41) is 0. The van der Waals surface area contributed by atoms with E-state index >= 15 is 0 Å². The van der Waals surface area contributed by atoms with Crippen molar-refractivity contribution in [1.29, 1.82) is 0 Å². The van der Waals surface area contributed by atoms with Crippen molar-refractivity contribution in [2.24, 2.45) is 5.92 Å². The molecule has 28 heavy (non-hydrogen) atoms. The molecule has 0 radical (unpaired) electrons. The third-order valence-corrected chi connectivity index (χ3v) is 8.57. The highest BCUT2D eigenvalue weighted by Gasteiger charge is 2.42. The number of ether oxygens (including phenoxy) is 1. The standard InChI is InChI=1S/C22H32O3S.C2H6/c1-6-24-21(23)16-17-25-26(22(3,4)5,19-10-8-7-9-11-19)20-14-12-18(2)13-15-20;1-2/h7-12,14-15,18H,6,13,16-17H2,1-5H3;1-2H3. The molecule has 0 fully saturated rings. The minimum Gasteiger partial charge on any atom is -0.466 e. The zero-order valence-corrected chi connectivity index (χ0v) is 19.5. The summed E-state index contributed by atoms with van der Waals surface area (Å²) in [6.07, 6.45) is 8.11. The van der Waals surface area contributed by atoms with E-state index in [1.165, 1.54) is 9.80 Å². The molecule has 1 aliphatic carbocycles. The van der Waals surface area contributed by atoms with Crippen molar-refractivity contribution in [1.82, 2.24) is 0 Å². The quantitative estimate of drug-likeness (QED) is 0.456. The number of hydrogen-bond donors (Lipinski definition) is 0. The van der Waals surface area contributed by atoms with E-state index in [1.807, 2.05) is 26.8 Å². The van der Waals surface area contributed by atoms with Gasteiger partial charge in [-0.2, -0.15) is 0 Å². The molecule has 1 aliphatic rings. The molecule has 0 aliphatic heterocycles. The van der Waals surface area contributed by atoms with Gasteiger partial charge in [-0.1, -0.05) is 67.5 Å². The molecule has 2 rings (SSSR count). The number of allylic oxidation sites excluding steroid dienone is 3. The molecule has 2 atom stereocenters. The van der Waals surface area contributed by atoms with Gasteiger partial charge in [-0.3, -0.25) is 4.79 Å². The van der Waals surface area contributed by atoms with E-state index in [0.717, 1.165) is 6.42 Å². The van der Waals surface area contributed by atoms with Crippen LogP contribution in [0.3, 0.4) is 0 Å². The average Bonchev–Trinajstić information content (AvgIpc) is 2.68. The van der Waals surface area contributed by atoms with Crippen LogP contribution in [0.15, 0.2) is 58.4 Å². The lowest BCUT2D eigenvalue weighted by atomic mass is 10.0. The van der Waals surface area contributed by atoms with Crippen LogP contribution in [0.5, 0.6) is 0 Å². The lowest BCUT2D eigenvalue weighted by Gasteiger charge is -2.51. The van der Waals surface area contributed by atoms with Crippen molar-refractivity contribution in [2.45, 2.75) is 71.0 Å². The number of rotatable bonds is 7. The first-order chi connectivity index (χ1) is 13.3. The molecule has 0 aromatic heterocycles. The Morgan fingerprint density at radius 3 is 2.32 bits per heavy atom. The molecular formula is C24H38O3S. The van der Waals surface area contributed by atoms with Crippen LogP contribution in [0.1, 0.15) is 61.3 Å². The van der Waals surface area contributed by atoms with Crippen LogP contribution >= 0.6 is 10.3 Å². The van der Waals surface area contributed by atoms with Crippen molar-refractivity contribution in [3.05, 3.63) is 53.5 Å². The predicted molar refractivity (Wildman–Crippen MR) is 122 cm³/mol. The van der Waals surface area contributed by atoms with Crippen LogP contribution in [0.4, 0.5) is 0 Å². The zero-order chi connectivity index (χ0) is 21.2. The maximum atomic E-state index is 11.8. The van der Waals surface area contributed by atoms with Gasteiger partial charge in [-0.25, -0.2) is 0 Å². The van der Waals surface area contributed by atoms with Gasteiger partial charge in [0, 0.05) is 14.5 Å². The maximum absolute atomic E-state index is 11.8. The topological polar surface area (TPSA) is 35.5 Å². The lowest BCUT2D eigenvalue weighted by Crippen LogP contribution is -2.29. The summed E-state index contributed by atoms with van der Waals surface area (Å²) in [5.41, 5.74) is 0. The maximum Gasteiger partial charge on any atom is 0.308 e. The zero-order valence-electron chi connectivity index (χ0n) is 18.7. The van der Waals surface area contributed by atoms with Crippen LogP contribution in [-0.4, -0.2) is 23.9 Å². The first-order valence-corrected chi connectivity index (χ1v) is 11.9. The summed E-state index contributed by atoms with van der Waals surface area (Å²) >= 11 is 0. The first kappa shape index (κ1) is 24.5. The van der Waals surface area contributed by atoms with Crippen molar-refractivity contribution < 1.29 is 13.7 Å². The van der Waals surface area contributed by atoms with Gasteiger partial charge in [0.1, 0.15) is 0 Å². The molecule has 4 heteroatoms. The largest absolute Gasteiger partial charge is 0.466 e. The second-order valence-electron chi connectivity index (χ2n) is 7.54. The first-order valence-electron chi connectivity index (χ1n) is 10.4. The molecule has 0 N–H and O–H groups in total. The fraction of sp³-hybridized carbons (Fsp3) is 0.542. The van der Waals surface area contributed by atoms with Gasteiger partial charge in [-0.05, 0) is 52.2 Å². The molecular weight excluding hydrogens is 368 g/mol. The lowest BCUT2D eigenvalue weighted by molar-refractivity contribution is -0.143. The average molecular weight is 407 g/mol. The highest BCUT2D eigenvalue weighted by atomic mass is 32.3. The Morgan fingerprint density at radius 2 is 1.82 bits per heavy atom. The van der Waals surface area contributed by atoms with Crippen LogP contribution in [0.25, 0.3) is 0 Å². The Labute approximate surface area is 173 Å². The van der Waals surface area contributed by atoms with Crippen molar-refractivity contribution in [2.75, 3.05) is 13.2 Å². The number of esters is 1. The van der Waals surface area contributed by atoms with E-state index in [0.29, 0.717) is 19.1 Å². The van der Waals surface area contributed by atoms with E-state index in [2.05, 4.69) is 70.2 Å². The third-order valence-electron chi connectivity index (χ3n) is 4.42. The molecule has 2 unspecified atom stereocenters. The highest BCUT2D eigenvalue weighted by molar-refractivity contribution is 8.34. The molecule has 0 bridgehead atoms. The predicted octanol–water partition coefficient (Wildman–Crippen LogP) is 7.04. The molecule has 1 aromatic carbocycles. The normalized spacial score (nSPS) is 19.5. The summed E-state index contributed by atoms with van der Waals surface area (Å²) in [5.74, 6) is 0.343. The van der Waals surface area contributed by atoms with E-state index in [-0.39, 0.29) is 17.1 Å². The monoisotopic (exact) mass is 406 g/mol. The number of carbonyl (C=O) groups is 1. The second kappa shape index (κ2) is 11.5. The summed E-state index contributed by atoms with van der Waals surface area (Å²) in [6, 6.07) is 10.5. The van der Waals surface area contributed by atoms with Crippen LogP contribution < -0.4 is 0 Å². The Kier molecular flexibility index (Phi) is 10.0. The smallest absolute Gasteiger partial charge is 0.308 e. The van der Waals surface area contributed by atoms with Gasteiger partial charge in [-0.15, -0.1) is 0 Å². The number of carbonyl (C=O) groups excluding carboxylic acids is 1. The van der Waals surface area contributed by atoms with E-state index in [4.69, 9.17) is 8.92 Å². The van der Waals surface area contributed by atoms with Gasteiger partial charge in [0.25, 0.3) is 0 Å². The third kappa shape index (κ3) is 5.99. The number of benzene rings is 1. The molecule has 158 valence electrons. The molecule has 0 saturated carbocycles. The Morgan fingerprint density at radius 1 is 1.18 bits per heavy atom. The minimum atomic E-state index is -1.76.